The molecule has 54 heavy (non-hydrogen) atoms. The molecule has 5 heterocycles. The van der Waals surface area contributed by atoms with Crippen LogP contribution in [-0.2, 0) is 9.53 Å². The number of carbonyl (C=O) groups is 1. The number of hydrogen-bond acceptors (Lipinski definition) is 4. The topological polar surface area (TPSA) is 83.7 Å². The van der Waals surface area contributed by atoms with Gasteiger partial charge in [-0.1, -0.05) is 115 Å². The molecule has 0 radical (unpaired) electrons. The van der Waals surface area contributed by atoms with Gasteiger partial charge in [0.2, 0.25) is 0 Å². The first-order chi connectivity index (χ1) is 26.5. The summed E-state index contributed by atoms with van der Waals surface area (Å²) in [6.45, 7) is 3.31. The van der Waals surface area contributed by atoms with Crippen LogP contribution in [0.25, 0.3) is 90.9 Å². The zero-order chi connectivity index (χ0) is 36.6. The van der Waals surface area contributed by atoms with Crippen molar-refractivity contribution in [3.05, 3.63) is 168 Å². The first kappa shape index (κ1) is 32.8. The Labute approximate surface area is 313 Å². The van der Waals surface area contributed by atoms with E-state index in [1.165, 1.54) is 6.92 Å². The lowest BCUT2D eigenvalue weighted by Gasteiger charge is -2.13. The van der Waals surface area contributed by atoms with Gasteiger partial charge in [0, 0.05) is 51.2 Å². The number of carbonyl (C=O) groups excluding carboxylic acids is 1. The monoisotopic (exact) mass is 700 g/mol. The van der Waals surface area contributed by atoms with Gasteiger partial charge in [-0.05, 0) is 83.3 Å². The summed E-state index contributed by atoms with van der Waals surface area (Å²) in [6.07, 6.45) is 7.99. The molecule has 2 aliphatic heterocycles. The zero-order valence-corrected chi connectivity index (χ0v) is 29.9. The van der Waals surface area contributed by atoms with Crippen LogP contribution in [0.3, 0.4) is 0 Å². The Kier molecular flexibility index (Phi) is 8.40. The summed E-state index contributed by atoms with van der Waals surface area (Å²) >= 11 is 0. The van der Waals surface area contributed by atoms with Crippen molar-refractivity contribution in [2.24, 2.45) is 0 Å². The second-order valence-corrected chi connectivity index (χ2v) is 13.5. The van der Waals surface area contributed by atoms with Gasteiger partial charge in [0.15, 0.2) is 0 Å². The van der Waals surface area contributed by atoms with Gasteiger partial charge in [0.25, 0.3) is 0 Å². The normalized spacial score (nSPS) is 12.5. The number of aromatic amines is 2. The van der Waals surface area contributed by atoms with Gasteiger partial charge in [-0.15, -0.1) is 0 Å². The highest BCUT2D eigenvalue weighted by Gasteiger charge is 2.20. The van der Waals surface area contributed by atoms with E-state index in [4.69, 9.17) is 14.7 Å². The zero-order valence-electron chi connectivity index (χ0n) is 29.9. The quantitative estimate of drug-likeness (QED) is 0.169. The number of nitrogens with zero attached hydrogens (tertiary/aromatic N) is 2. The van der Waals surface area contributed by atoms with Crippen LogP contribution in [0.5, 0.6) is 0 Å². The molecule has 0 saturated heterocycles. The number of ether oxygens (including phenoxy) is 1. The van der Waals surface area contributed by atoms with E-state index >= 15 is 0 Å². The number of hydrogen-bond donors (Lipinski definition) is 2. The van der Waals surface area contributed by atoms with Crippen molar-refractivity contribution in [2.45, 2.75) is 20.0 Å². The first-order valence-corrected chi connectivity index (χ1v) is 18.1. The molecule has 0 fully saturated rings. The molecule has 4 aromatic carbocycles. The van der Waals surface area contributed by atoms with Crippen LogP contribution < -0.4 is 0 Å². The van der Waals surface area contributed by atoms with E-state index in [1.807, 2.05) is 37.3 Å². The highest BCUT2D eigenvalue weighted by Crippen LogP contribution is 2.38. The molecule has 6 nitrogen and oxygen atoms in total. The van der Waals surface area contributed by atoms with Gasteiger partial charge in [-0.2, -0.15) is 0 Å². The van der Waals surface area contributed by atoms with Crippen LogP contribution >= 0.6 is 0 Å². The smallest absolute Gasteiger partial charge is 0.303 e. The number of aromatic nitrogens is 4. The minimum atomic E-state index is -0.368. The van der Waals surface area contributed by atoms with E-state index in [0.717, 1.165) is 94.9 Å². The van der Waals surface area contributed by atoms with Crippen LogP contribution in [0, 0.1) is 0 Å². The Morgan fingerprint density at radius 3 is 1.22 bits per heavy atom. The Morgan fingerprint density at radius 2 is 0.815 bits per heavy atom. The molecule has 8 bridgehead atoms. The van der Waals surface area contributed by atoms with Crippen LogP contribution in [0.1, 0.15) is 48.3 Å². The van der Waals surface area contributed by atoms with Crippen LogP contribution in [-0.4, -0.2) is 25.9 Å². The third kappa shape index (κ3) is 6.14. The molecule has 0 unspecified atom stereocenters. The number of H-pyrrole nitrogens is 2. The molecule has 6 heteroatoms. The molecule has 0 amide bonds. The lowest BCUT2D eigenvalue weighted by atomic mass is 9.99. The van der Waals surface area contributed by atoms with Crippen molar-refractivity contribution in [2.75, 3.05) is 0 Å². The van der Waals surface area contributed by atoms with Gasteiger partial charge in [-0.3, -0.25) is 4.79 Å². The van der Waals surface area contributed by atoms with Crippen molar-refractivity contribution in [3.8, 4) is 44.5 Å². The fourth-order valence-corrected chi connectivity index (χ4v) is 7.47. The summed E-state index contributed by atoms with van der Waals surface area (Å²) in [4.78, 5) is 30.1. The average Bonchev–Trinajstić information content (AvgIpc) is 4.04. The molecule has 2 aliphatic rings. The SMILES string of the molecule is CC(=O)O[C@@H](C)c1ccc(-c2c3nc(c(-c4ccccc4)c4ccc([nH]4)c(-c4ccccc4)c4ccc([nH]4)c(-c4ccccc4)c4nc2C=C4)C=C3)cc1. The summed E-state index contributed by atoms with van der Waals surface area (Å²) in [5.41, 5.74) is 16.3. The first-order valence-electron chi connectivity index (χ1n) is 18.1. The predicted molar refractivity (Wildman–Crippen MR) is 221 cm³/mol. The minimum Gasteiger partial charge on any atom is -0.458 e. The number of esters is 1. The second-order valence-electron chi connectivity index (χ2n) is 13.5. The van der Waals surface area contributed by atoms with Crippen molar-refractivity contribution in [1.29, 1.82) is 0 Å². The van der Waals surface area contributed by atoms with E-state index in [-0.39, 0.29) is 12.1 Å². The van der Waals surface area contributed by atoms with E-state index in [9.17, 15) is 4.79 Å². The molecule has 9 rings (SSSR count). The maximum atomic E-state index is 11.7. The summed E-state index contributed by atoms with van der Waals surface area (Å²) in [5.74, 6) is -0.311. The van der Waals surface area contributed by atoms with Crippen LogP contribution in [0.15, 0.2) is 140 Å². The molecule has 1 atom stereocenters. The Bertz CT molecular complexity index is 2620. The van der Waals surface area contributed by atoms with Gasteiger partial charge >= 0.3 is 5.97 Å². The molecule has 260 valence electrons. The molecule has 3 aromatic heterocycles. The molecule has 7 aromatic rings. The second kappa shape index (κ2) is 13.8. The summed E-state index contributed by atoms with van der Waals surface area (Å²) in [5, 5.41) is 0. The standard InChI is InChI=1S/C48H36N4O2/c1-30(54-31(2)53)32-18-20-36(21-19-32)48-43-28-26-41(51-43)46(34-14-8-4-9-15-34)39-24-22-37(49-39)45(33-12-6-3-7-13-33)38-23-25-40(50-38)47(35-16-10-5-11-17-35)42-27-29-44(48)52-42/h3-30,49-50H,1-2H3/t30-/m0/s1. The molecule has 0 saturated carbocycles. The van der Waals surface area contributed by atoms with Gasteiger partial charge < -0.3 is 14.7 Å². The van der Waals surface area contributed by atoms with Gasteiger partial charge in [-0.25, -0.2) is 9.97 Å². The third-order valence-corrected chi connectivity index (χ3v) is 9.95. The number of benzene rings is 4. The van der Waals surface area contributed by atoms with Crippen molar-refractivity contribution in [1.82, 2.24) is 19.9 Å². The Hall–Kier alpha value is -7.05. The predicted octanol–water partition coefficient (Wildman–Crippen LogP) is 11.9. The highest BCUT2D eigenvalue weighted by atomic mass is 16.5. The summed E-state index contributed by atoms with van der Waals surface area (Å²) in [7, 11) is 0. The van der Waals surface area contributed by atoms with E-state index in [2.05, 4.69) is 143 Å². The van der Waals surface area contributed by atoms with Crippen LogP contribution in [0.4, 0.5) is 0 Å². The van der Waals surface area contributed by atoms with Crippen molar-refractivity contribution >= 4 is 52.3 Å². The molecular formula is C48H36N4O2. The van der Waals surface area contributed by atoms with Crippen molar-refractivity contribution < 1.29 is 9.53 Å². The third-order valence-electron chi connectivity index (χ3n) is 9.95. The van der Waals surface area contributed by atoms with E-state index < -0.39 is 0 Å². The largest absolute Gasteiger partial charge is 0.458 e. The average molecular weight is 701 g/mol. The van der Waals surface area contributed by atoms with Crippen LogP contribution in [0.2, 0.25) is 0 Å². The summed E-state index contributed by atoms with van der Waals surface area (Å²) in [6, 6.07) is 48.0. The minimum absolute atomic E-state index is 0.311. The maximum Gasteiger partial charge on any atom is 0.303 e. The summed E-state index contributed by atoms with van der Waals surface area (Å²) < 4.78 is 5.48. The lowest BCUT2D eigenvalue weighted by molar-refractivity contribution is -0.145. The highest BCUT2D eigenvalue weighted by molar-refractivity contribution is 6.00. The molecule has 0 spiro atoms. The van der Waals surface area contributed by atoms with Crippen molar-refractivity contribution in [3.63, 3.8) is 0 Å². The fourth-order valence-electron chi connectivity index (χ4n) is 7.47. The van der Waals surface area contributed by atoms with Gasteiger partial charge in [0.05, 0.1) is 22.8 Å². The Morgan fingerprint density at radius 1 is 0.463 bits per heavy atom. The number of rotatable bonds is 6. The van der Waals surface area contributed by atoms with E-state index in [0.29, 0.717) is 0 Å². The lowest BCUT2D eigenvalue weighted by Crippen LogP contribution is -2.04. The number of fused-ring (bicyclic) bond motifs is 8. The van der Waals surface area contributed by atoms with Gasteiger partial charge in [0.1, 0.15) is 6.10 Å². The molecular weight excluding hydrogens is 665 g/mol. The number of nitrogens with one attached hydrogen (secondary N) is 2. The maximum absolute atomic E-state index is 11.7. The Balaban J connectivity index is 1.41. The fraction of sp³-hybridized carbons (Fsp3) is 0.0625. The molecule has 2 N–H and O–H groups in total. The van der Waals surface area contributed by atoms with E-state index in [1.54, 1.807) is 0 Å². The molecule has 0 aliphatic carbocycles.